The van der Waals surface area contributed by atoms with Gasteiger partial charge in [-0.15, -0.1) is 0 Å². The molecule has 1 aromatic heterocycles. The molecule has 2 rings (SSSR count). The molecule has 1 aromatic rings. The summed E-state index contributed by atoms with van der Waals surface area (Å²) in [5.74, 6) is -0.181. The highest BCUT2D eigenvalue weighted by atomic mass is 16.2. The Morgan fingerprint density at radius 3 is 3.06 bits per heavy atom. The molecule has 0 unspecified atom stereocenters. The minimum Gasteiger partial charge on any atom is -0.348 e. The van der Waals surface area contributed by atoms with Crippen LogP contribution in [-0.4, -0.2) is 30.0 Å². The van der Waals surface area contributed by atoms with E-state index in [2.05, 4.69) is 15.6 Å². The molecule has 5 heteroatoms. The van der Waals surface area contributed by atoms with Crippen LogP contribution in [0.5, 0.6) is 0 Å². The highest BCUT2D eigenvalue weighted by Gasteiger charge is 2.16. The summed E-state index contributed by atoms with van der Waals surface area (Å²) in [5.41, 5.74) is 0.156. The number of amides is 1. The molecule has 1 fully saturated rings. The molecule has 5 nitrogen and oxygen atoms in total. The first-order chi connectivity index (χ1) is 7.75. The van der Waals surface area contributed by atoms with E-state index in [1.807, 2.05) is 0 Å². The first kappa shape index (κ1) is 10.9. The predicted molar refractivity (Wildman–Crippen MR) is 60.4 cm³/mol. The van der Waals surface area contributed by atoms with Crippen LogP contribution in [0.2, 0.25) is 0 Å². The number of carbonyl (C=O) groups is 1. The summed E-state index contributed by atoms with van der Waals surface area (Å²) < 4.78 is 0. The number of hydrogen-bond donors (Lipinski definition) is 3. The van der Waals surface area contributed by atoms with E-state index >= 15 is 0 Å². The normalized spacial score (nSPS) is 20.4. The fraction of sp³-hybridized carbons (Fsp3) is 0.455. The minimum absolute atomic E-state index is 0.167. The van der Waals surface area contributed by atoms with Crippen LogP contribution in [0.3, 0.4) is 0 Å². The Balaban J connectivity index is 1.99. The molecule has 0 saturated carbocycles. The van der Waals surface area contributed by atoms with Gasteiger partial charge in [0, 0.05) is 30.4 Å². The zero-order valence-corrected chi connectivity index (χ0v) is 8.95. The Morgan fingerprint density at radius 2 is 2.38 bits per heavy atom. The van der Waals surface area contributed by atoms with Crippen molar-refractivity contribution in [3.05, 3.63) is 34.2 Å². The summed E-state index contributed by atoms with van der Waals surface area (Å²) in [4.78, 5) is 25.3. The van der Waals surface area contributed by atoms with E-state index in [0.29, 0.717) is 5.56 Å². The number of aromatic nitrogens is 1. The Labute approximate surface area is 93.3 Å². The summed E-state index contributed by atoms with van der Waals surface area (Å²) >= 11 is 0. The lowest BCUT2D eigenvalue weighted by Gasteiger charge is -2.23. The summed E-state index contributed by atoms with van der Waals surface area (Å²) in [6, 6.07) is 3.08. The van der Waals surface area contributed by atoms with Crippen molar-refractivity contribution in [3.63, 3.8) is 0 Å². The van der Waals surface area contributed by atoms with Crippen molar-refractivity contribution in [2.45, 2.75) is 18.9 Å². The number of H-pyrrole nitrogens is 1. The smallest absolute Gasteiger partial charge is 0.251 e. The van der Waals surface area contributed by atoms with Gasteiger partial charge in [0.05, 0.1) is 0 Å². The molecular weight excluding hydrogens is 206 g/mol. The molecule has 1 saturated heterocycles. The molecule has 3 N–H and O–H groups in total. The van der Waals surface area contributed by atoms with Crippen LogP contribution in [0.1, 0.15) is 23.2 Å². The Morgan fingerprint density at radius 1 is 1.50 bits per heavy atom. The third-order valence-corrected chi connectivity index (χ3v) is 2.67. The van der Waals surface area contributed by atoms with Gasteiger partial charge >= 0.3 is 0 Å². The van der Waals surface area contributed by atoms with Crippen LogP contribution in [0, 0.1) is 0 Å². The van der Waals surface area contributed by atoms with E-state index in [4.69, 9.17) is 0 Å². The van der Waals surface area contributed by atoms with E-state index in [1.54, 1.807) is 6.07 Å². The van der Waals surface area contributed by atoms with Gasteiger partial charge in [0.25, 0.3) is 5.91 Å². The summed E-state index contributed by atoms with van der Waals surface area (Å²) in [5, 5.41) is 6.13. The highest BCUT2D eigenvalue weighted by molar-refractivity contribution is 5.94. The first-order valence-electron chi connectivity index (χ1n) is 5.46. The number of rotatable bonds is 2. The fourth-order valence-corrected chi connectivity index (χ4v) is 1.83. The lowest BCUT2D eigenvalue weighted by molar-refractivity contribution is 0.0930. The standard InChI is InChI=1S/C11H15N3O2/c15-10-6-8(3-5-13-10)11(16)14-9-2-1-4-12-7-9/h3,5-6,9,12H,1-2,4,7H2,(H,13,15)(H,14,16)/t9-/m0/s1. The van der Waals surface area contributed by atoms with Gasteiger partial charge in [-0.25, -0.2) is 0 Å². The maximum absolute atomic E-state index is 11.8. The molecule has 1 aliphatic heterocycles. The second-order valence-electron chi connectivity index (χ2n) is 3.96. The van der Waals surface area contributed by atoms with Crippen LogP contribution in [0.4, 0.5) is 0 Å². The topological polar surface area (TPSA) is 74.0 Å². The summed E-state index contributed by atoms with van der Waals surface area (Å²) in [6.45, 7) is 1.81. The Kier molecular flexibility index (Phi) is 3.36. The number of pyridine rings is 1. The SMILES string of the molecule is O=C(N[C@H]1CCCNC1)c1cc[nH]c(=O)c1. The van der Waals surface area contributed by atoms with Crippen molar-refractivity contribution < 1.29 is 4.79 Å². The predicted octanol–water partition coefficient (Wildman–Crippen LogP) is -0.143. The van der Waals surface area contributed by atoms with Crippen molar-refractivity contribution in [2.75, 3.05) is 13.1 Å². The van der Waals surface area contributed by atoms with Crippen LogP contribution in [0.25, 0.3) is 0 Å². The van der Waals surface area contributed by atoms with Gasteiger partial charge in [-0.2, -0.15) is 0 Å². The Bertz CT molecular complexity index is 421. The van der Waals surface area contributed by atoms with Gasteiger partial charge in [0.2, 0.25) is 5.56 Å². The minimum atomic E-state index is -0.255. The van der Waals surface area contributed by atoms with E-state index < -0.39 is 0 Å². The molecule has 0 spiro atoms. The number of aromatic amines is 1. The van der Waals surface area contributed by atoms with Crippen molar-refractivity contribution >= 4 is 5.91 Å². The van der Waals surface area contributed by atoms with E-state index in [0.717, 1.165) is 25.9 Å². The monoisotopic (exact) mass is 221 g/mol. The lowest BCUT2D eigenvalue weighted by atomic mass is 10.1. The number of piperidine rings is 1. The highest BCUT2D eigenvalue weighted by Crippen LogP contribution is 2.02. The molecule has 0 bridgehead atoms. The van der Waals surface area contributed by atoms with Crippen molar-refractivity contribution in [2.24, 2.45) is 0 Å². The van der Waals surface area contributed by atoms with Gasteiger partial charge in [-0.1, -0.05) is 0 Å². The largest absolute Gasteiger partial charge is 0.348 e. The molecule has 1 aliphatic rings. The second kappa shape index (κ2) is 4.94. The van der Waals surface area contributed by atoms with Gasteiger partial charge in [0.1, 0.15) is 0 Å². The van der Waals surface area contributed by atoms with Crippen LogP contribution >= 0.6 is 0 Å². The van der Waals surface area contributed by atoms with Crippen molar-refractivity contribution in [1.82, 2.24) is 15.6 Å². The van der Waals surface area contributed by atoms with Crippen LogP contribution in [-0.2, 0) is 0 Å². The zero-order chi connectivity index (χ0) is 11.4. The molecule has 0 aromatic carbocycles. The van der Waals surface area contributed by atoms with Crippen molar-refractivity contribution in [1.29, 1.82) is 0 Å². The molecule has 0 aliphatic carbocycles. The molecule has 86 valence electrons. The second-order valence-corrected chi connectivity index (χ2v) is 3.96. The van der Waals surface area contributed by atoms with Crippen LogP contribution < -0.4 is 16.2 Å². The fourth-order valence-electron chi connectivity index (χ4n) is 1.83. The average Bonchev–Trinajstić information content (AvgIpc) is 2.30. The van der Waals surface area contributed by atoms with E-state index in [9.17, 15) is 9.59 Å². The zero-order valence-electron chi connectivity index (χ0n) is 8.95. The van der Waals surface area contributed by atoms with Gasteiger partial charge in [0.15, 0.2) is 0 Å². The quantitative estimate of drug-likeness (QED) is 0.650. The Hall–Kier alpha value is -1.62. The average molecular weight is 221 g/mol. The molecule has 2 heterocycles. The number of carbonyl (C=O) groups excluding carboxylic acids is 1. The summed E-state index contributed by atoms with van der Waals surface area (Å²) in [6.07, 6.45) is 3.54. The third-order valence-electron chi connectivity index (χ3n) is 2.67. The molecule has 16 heavy (non-hydrogen) atoms. The maximum atomic E-state index is 11.8. The molecule has 1 atom stereocenters. The first-order valence-corrected chi connectivity index (χ1v) is 5.46. The van der Waals surface area contributed by atoms with Crippen molar-refractivity contribution in [3.8, 4) is 0 Å². The molecular formula is C11H15N3O2. The number of hydrogen-bond acceptors (Lipinski definition) is 3. The molecule has 1 amide bonds. The molecule has 0 radical (unpaired) electrons. The van der Waals surface area contributed by atoms with E-state index in [-0.39, 0.29) is 17.5 Å². The third kappa shape index (κ3) is 2.70. The maximum Gasteiger partial charge on any atom is 0.251 e. The summed E-state index contributed by atoms with van der Waals surface area (Å²) in [7, 11) is 0. The van der Waals surface area contributed by atoms with Gasteiger partial charge in [-0.3, -0.25) is 9.59 Å². The van der Waals surface area contributed by atoms with Gasteiger partial charge in [-0.05, 0) is 25.5 Å². The van der Waals surface area contributed by atoms with Gasteiger partial charge < -0.3 is 15.6 Å². The number of nitrogens with one attached hydrogen (secondary N) is 3. The van der Waals surface area contributed by atoms with E-state index in [1.165, 1.54) is 12.3 Å². The van der Waals surface area contributed by atoms with Crippen LogP contribution in [0.15, 0.2) is 23.1 Å². The lowest BCUT2D eigenvalue weighted by Crippen LogP contribution is -2.45.